The van der Waals surface area contributed by atoms with E-state index in [1.165, 1.54) is 0 Å². The van der Waals surface area contributed by atoms with Gasteiger partial charge in [0.1, 0.15) is 13.2 Å². The largest absolute Gasteiger partial charge is 0.389 e. The van der Waals surface area contributed by atoms with Crippen LogP contribution in [0, 0.1) is 11.8 Å². The fourth-order valence-electron chi connectivity index (χ4n) is 2.93. The Morgan fingerprint density at radius 1 is 1.37 bits per heavy atom. The maximum Gasteiger partial charge on any atom is 0.243 e. The molecule has 2 atom stereocenters. The number of aliphatic hydroxyl groups excluding tert-OH is 1. The van der Waals surface area contributed by atoms with Crippen molar-refractivity contribution >= 4 is 11.8 Å². The maximum absolute atomic E-state index is 12.2. The van der Waals surface area contributed by atoms with Crippen LogP contribution in [0.5, 0.6) is 0 Å². The van der Waals surface area contributed by atoms with Gasteiger partial charge in [-0.15, -0.1) is 0 Å². The molecule has 1 aromatic rings. The molecule has 1 saturated heterocycles. The lowest BCUT2D eigenvalue weighted by Gasteiger charge is -2.32. The van der Waals surface area contributed by atoms with Crippen molar-refractivity contribution in [2.24, 2.45) is 5.73 Å². The monoisotopic (exact) mass is 370 g/mol. The third kappa shape index (κ3) is 7.65. The number of nitrogens with two attached hydrogens (primary N) is 1. The number of amides is 2. The Kier molecular flexibility index (Phi) is 8.56. The predicted molar refractivity (Wildman–Crippen MR) is 102 cm³/mol. The lowest BCUT2D eigenvalue weighted by molar-refractivity contribution is -0.134. The van der Waals surface area contributed by atoms with E-state index in [1.807, 2.05) is 36.4 Å². The van der Waals surface area contributed by atoms with Crippen LogP contribution in [0.1, 0.15) is 24.8 Å². The molecule has 6 heteroatoms. The summed E-state index contributed by atoms with van der Waals surface area (Å²) < 4.78 is 4.98. The Bertz CT molecular complexity index is 706. The van der Waals surface area contributed by atoms with E-state index in [2.05, 4.69) is 11.8 Å². The first-order valence-corrected chi connectivity index (χ1v) is 9.08. The van der Waals surface area contributed by atoms with Crippen LogP contribution < -0.4 is 5.73 Å². The summed E-state index contributed by atoms with van der Waals surface area (Å²) in [5.41, 5.74) is 6.04. The number of carbonyl (C=O) groups is 2. The van der Waals surface area contributed by atoms with Crippen molar-refractivity contribution in [1.82, 2.24) is 4.90 Å². The standard InChI is InChI=1S/C21H26N2O4/c22-20(25)16-27-14-5-4-13-23-18(9-6-10-21(23)26)11-12-19(24)15-17-7-2-1-3-8-17/h1-3,7-8,11-12,18-19,24H,6,9-10,13-16H2,(H2,22,25)/t18-,19?/m1/s1. The average Bonchev–Trinajstić information content (AvgIpc) is 2.65. The van der Waals surface area contributed by atoms with Crippen molar-refractivity contribution in [3.05, 3.63) is 48.0 Å². The molecule has 1 heterocycles. The zero-order valence-corrected chi connectivity index (χ0v) is 15.3. The zero-order chi connectivity index (χ0) is 19.5. The van der Waals surface area contributed by atoms with Gasteiger partial charge in [0.25, 0.3) is 0 Å². The van der Waals surface area contributed by atoms with Crippen molar-refractivity contribution in [3.8, 4) is 11.8 Å². The second-order valence-electron chi connectivity index (χ2n) is 6.44. The highest BCUT2D eigenvalue weighted by Gasteiger charge is 2.25. The number of piperidine rings is 1. The van der Waals surface area contributed by atoms with E-state index in [0.717, 1.165) is 18.4 Å². The van der Waals surface area contributed by atoms with Gasteiger partial charge in [-0.1, -0.05) is 54.3 Å². The zero-order valence-electron chi connectivity index (χ0n) is 15.3. The number of carbonyl (C=O) groups excluding carboxylic acids is 2. The molecule has 1 aromatic carbocycles. The van der Waals surface area contributed by atoms with Crippen LogP contribution in [0.3, 0.4) is 0 Å². The molecule has 1 unspecified atom stereocenters. The number of rotatable bonds is 8. The SMILES string of the molecule is NC(=O)COCC#CCN1C(=O)CCC[C@@H]1C=CC(O)Cc1ccccc1. The van der Waals surface area contributed by atoms with Crippen LogP contribution in [-0.4, -0.2) is 53.7 Å². The molecule has 1 aliphatic heterocycles. The van der Waals surface area contributed by atoms with Gasteiger partial charge < -0.3 is 20.5 Å². The van der Waals surface area contributed by atoms with Crippen LogP contribution in [-0.2, 0) is 20.7 Å². The highest BCUT2D eigenvalue weighted by atomic mass is 16.5. The van der Waals surface area contributed by atoms with Gasteiger partial charge in [-0.2, -0.15) is 0 Å². The summed E-state index contributed by atoms with van der Waals surface area (Å²) in [5.74, 6) is 5.19. The molecular weight excluding hydrogens is 344 g/mol. The number of primary amides is 1. The molecule has 0 bridgehead atoms. The van der Waals surface area contributed by atoms with E-state index in [0.29, 0.717) is 19.4 Å². The quantitative estimate of drug-likeness (QED) is 0.406. The van der Waals surface area contributed by atoms with Crippen LogP contribution in [0.4, 0.5) is 0 Å². The first kappa shape index (κ1) is 20.7. The summed E-state index contributed by atoms with van der Waals surface area (Å²) in [6, 6.07) is 9.71. The first-order chi connectivity index (χ1) is 13.1. The molecule has 144 valence electrons. The summed E-state index contributed by atoms with van der Waals surface area (Å²) >= 11 is 0. The van der Waals surface area contributed by atoms with Crippen LogP contribution in [0.2, 0.25) is 0 Å². The van der Waals surface area contributed by atoms with Gasteiger partial charge in [0.15, 0.2) is 0 Å². The average molecular weight is 370 g/mol. The topological polar surface area (TPSA) is 92.9 Å². The Morgan fingerprint density at radius 3 is 2.89 bits per heavy atom. The Labute approximate surface area is 160 Å². The number of hydrogen-bond acceptors (Lipinski definition) is 4. The smallest absolute Gasteiger partial charge is 0.243 e. The summed E-state index contributed by atoms with van der Waals surface area (Å²) in [5, 5.41) is 10.2. The number of benzene rings is 1. The normalized spacial score (nSPS) is 18.2. The minimum atomic E-state index is -0.598. The molecule has 27 heavy (non-hydrogen) atoms. The second-order valence-corrected chi connectivity index (χ2v) is 6.44. The molecule has 0 saturated carbocycles. The number of hydrogen-bond donors (Lipinski definition) is 2. The highest BCUT2D eigenvalue weighted by molar-refractivity contribution is 5.78. The summed E-state index contributed by atoms with van der Waals surface area (Å²) in [4.78, 5) is 24.5. The first-order valence-electron chi connectivity index (χ1n) is 9.08. The highest BCUT2D eigenvalue weighted by Crippen LogP contribution is 2.19. The van der Waals surface area contributed by atoms with Gasteiger partial charge in [-0.3, -0.25) is 9.59 Å². The molecule has 0 aromatic heterocycles. The van der Waals surface area contributed by atoms with Crippen molar-refractivity contribution < 1.29 is 19.4 Å². The van der Waals surface area contributed by atoms with E-state index < -0.39 is 12.0 Å². The van der Waals surface area contributed by atoms with Crippen LogP contribution in [0.25, 0.3) is 0 Å². The van der Waals surface area contributed by atoms with Crippen LogP contribution >= 0.6 is 0 Å². The fourth-order valence-corrected chi connectivity index (χ4v) is 2.93. The Balaban J connectivity index is 1.87. The fraction of sp³-hybridized carbons (Fsp3) is 0.429. The molecular formula is C21H26N2O4. The Hall–Kier alpha value is -2.62. The predicted octanol–water partition coefficient (Wildman–Crippen LogP) is 1.03. The summed E-state index contributed by atoms with van der Waals surface area (Å²) in [7, 11) is 0. The molecule has 2 amide bonds. The third-order valence-corrected chi connectivity index (χ3v) is 4.25. The summed E-state index contributed by atoms with van der Waals surface area (Å²) in [6.45, 7) is 0.228. The molecule has 1 aliphatic rings. The van der Waals surface area contributed by atoms with Gasteiger partial charge in [0.05, 0.1) is 18.7 Å². The van der Waals surface area contributed by atoms with Crippen molar-refractivity contribution in [3.63, 3.8) is 0 Å². The minimum Gasteiger partial charge on any atom is -0.389 e. The van der Waals surface area contributed by atoms with Gasteiger partial charge >= 0.3 is 0 Å². The molecule has 0 spiro atoms. The van der Waals surface area contributed by atoms with E-state index in [4.69, 9.17) is 10.5 Å². The molecule has 2 rings (SSSR count). The van der Waals surface area contributed by atoms with Gasteiger partial charge in [-0.25, -0.2) is 0 Å². The molecule has 0 radical (unpaired) electrons. The van der Waals surface area contributed by atoms with E-state index in [1.54, 1.807) is 11.0 Å². The number of ether oxygens (including phenoxy) is 1. The van der Waals surface area contributed by atoms with Crippen molar-refractivity contribution in [2.45, 2.75) is 37.8 Å². The van der Waals surface area contributed by atoms with E-state index >= 15 is 0 Å². The van der Waals surface area contributed by atoms with Crippen molar-refractivity contribution in [2.75, 3.05) is 19.8 Å². The number of aliphatic hydroxyl groups is 1. The third-order valence-electron chi connectivity index (χ3n) is 4.25. The van der Waals surface area contributed by atoms with Gasteiger partial charge in [-0.05, 0) is 18.4 Å². The minimum absolute atomic E-state index is 0.0563. The van der Waals surface area contributed by atoms with Gasteiger partial charge in [0.2, 0.25) is 11.8 Å². The lowest BCUT2D eigenvalue weighted by atomic mass is 9.99. The van der Waals surface area contributed by atoms with E-state index in [-0.39, 0.29) is 25.2 Å². The van der Waals surface area contributed by atoms with Crippen molar-refractivity contribution in [1.29, 1.82) is 0 Å². The lowest BCUT2D eigenvalue weighted by Crippen LogP contribution is -2.42. The van der Waals surface area contributed by atoms with Gasteiger partial charge in [0, 0.05) is 12.8 Å². The Morgan fingerprint density at radius 2 is 2.15 bits per heavy atom. The molecule has 3 N–H and O–H groups in total. The summed E-state index contributed by atoms with van der Waals surface area (Å²) in [6.07, 6.45) is 5.78. The molecule has 1 fully saturated rings. The number of nitrogens with zero attached hydrogens (tertiary/aromatic N) is 1. The molecule has 6 nitrogen and oxygen atoms in total. The van der Waals surface area contributed by atoms with E-state index in [9.17, 15) is 14.7 Å². The molecule has 0 aliphatic carbocycles. The number of likely N-dealkylation sites (tertiary alicyclic amines) is 1. The van der Waals surface area contributed by atoms with Crippen LogP contribution in [0.15, 0.2) is 42.5 Å². The maximum atomic E-state index is 12.2. The second kappa shape index (κ2) is 11.2.